The molecule has 2 aromatic heterocycles. The van der Waals surface area contributed by atoms with Gasteiger partial charge in [-0.1, -0.05) is 6.92 Å². The number of anilines is 2. The van der Waals surface area contributed by atoms with E-state index in [1.54, 1.807) is 30.9 Å². The van der Waals surface area contributed by atoms with Crippen molar-refractivity contribution in [3.05, 3.63) is 58.8 Å². The first kappa shape index (κ1) is 18.1. The van der Waals surface area contributed by atoms with Crippen molar-refractivity contribution in [2.45, 2.75) is 32.2 Å². The minimum atomic E-state index is -0.363. The highest BCUT2D eigenvalue weighted by atomic mass is 16.6. The van der Waals surface area contributed by atoms with E-state index in [9.17, 15) is 10.1 Å². The number of aryl methyl sites for hydroxylation is 1. The van der Waals surface area contributed by atoms with Gasteiger partial charge in [0.1, 0.15) is 12.1 Å². The van der Waals surface area contributed by atoms with E-state index < -0.39 is 0 Å². The maximum atomic E-state index is 11.3. The van der Waals surface area contributed by atoms with Crippen molar-refractivity contribution in [3.63, 3.8) is 0 Å². The molecule has 8 nitrogen and oxygen atoms in total. The van der Waals surface area contributed by atoms with Crippen molar-refractivity contribution in [1.82, 2.24) is 15.0 Å². The summed E-state index contributed by atoms with van der Waals surface area (Å²) in [5.74, 6) is 0.983. The predicted molar refractivity (Wildman–Crippen MR) is 109 cm³/mol. The van der Waals surface area contributed by atoms with Crippen molar-refractivity contribution in [3.8, 4) is 0 Å². The number of fused-ring (bicyclic) bond motifs is 1. The number of rotatable bonds is 5. The number of piperidine rings is 1. The number of non-ortho nitro benzene ring substituents is 1. The van der Waals surface area contributed by atoms with Crippen LogP contribution >= 0.6 is 0 Å². The van der Waals surface area contributed by atoms with Gasteiger partial charge in [-0.25, -0.2) is 9.97 Å². The Balaban J connectivity index is 1.48. The number of aromatic nitrogens is 3. The smallest absolute Gasteiger partial charge is 0.278 e. The van der Waals surface area contributed by atoms with E-state index in [0.717, 1.165) is 54.9 Å². The Morgan fingerprint density at radius 3 is 2.79 bits per heavy atom. The Hall–Kier alpha value is -3.29. The molecule has 1 aliphatic heterocycles. The zero-order valence-electron chi connectivity index (χ0n) is 15.7. The fourth-order valence-corrected chi connectivity index (χ4v) is 3.69. The summed E-state index contributed by atoms with van der Waals surface area (Å²) < 4.78 is 0. The molecule has 1 aliphatic rings. The lowest BCUT2D eigenvalue weighted by molar-refractivity contribution is -0.383. The molecule has 0 bridgehead atoms. The van der Waals surface area contributed by atoms with E-state index in [2.05, 4.69) is 38.2 Å². The zero-order valence-corrected chi connectivity index (χ0v) is 15.7. The van der Waals surface area contributed by atoms with Crippen LogP contribution in [0.3, 0.4) is 0 Å². The van der Waals surface area contributed by atoms with Crippen LogP contribution < -0.4 is 10.2 Å². The monoisotopic (exact) mass is 378 g/mol. The second-order valence-corrected chi connectivity index (χ2v) is 6.94. The molecular formula is C20H22N6O2. The van der Waals surface area contributed by atoms with Crippen molar-refractivity contribution < 1.29 is 4.92 Å². The second kappa shape index (κ2) is 7.75. The summed E-state index contributed by atoms with van der Waals surface area (Å²) in [4.78, 5) is 25.9. The SMILES string of the molecule is CCc1cc(N2CCC(Nc3ccc([N+](=O)[O-])c4cnccc34)CC2)ncn1. The molecule has 0 aliphatic carbocycles. The van der Waals surface area contributed by atoms with Gasteiger partial charge in [0.2, 0.25) is 0 Å². The molecule has 0 saturated carbocycles. The number of nitrogens with one attached hydrogen (secondary N) is 1. The highest BCUT2D eigenvalue weighted by Gasteiger charge is 2.22. The number of hydrogen-bond donors (Lipinski definition) is 1. The molecule has 28 heavy (non-hydrogen) atoms. The van der Waals surface area contributed by atoms with Crippen LogP contribution in [0.5, 0.6) is 0 Å². The molecule has 1 N–H and O–H groups in total. The summed E-state index contributed by atoms with van der Waals surface area (Å²) in [6.45, 7) is 3.90. The number of nitro benzene ring substituents is 1. The molecule has 0 spiro atoms. The topological polar surface area (TPSA) is 97.1 Å². The number of nitro groups is 1. The number of nitrogens with zero attached hydrogens (tertiary/aromatic N) is 5. The van der Waals surface area contributed by atoms with Crippen LogP contribution in [0.15, 0.2) is 43.0 Å². The van der Waals surface area contributed by atoms with Gasteiger partial charge < -0.3 is 10.2 Å². The molecule has 1 saturated heterocycles. The van der Waals surface area contributed by atoms with Gasteiger partial charge in [-0.15, -0.1) is 0 Å². The van der Waals surface area contributed by atoms with Crippen LogP contribution in [0.2, 0.25) is 0 Å². The highest BCUT2D eigenvalue weighted by Crippen LogP contribution is 2.32. The van der Waals surface area contributed by atoms with Crippen molar-refractivity contribution in [2.24, 2.45) is 0 Å². The van der Waals surface area contributed by atoms with E-state index in [4.69, 9.17) is 0 Å². The van der Waals surface area contributed by atoms with Crippen LogP contribution in [0.4, 0.5) is 17.2 Å². The van der Waals surface area contributed by atoms with E-state index in [1.165, 1.54) is 0 Å². The average molecular weight is 378 g/mol. The third-order valence-corrected chi connectivity index (χ3v) is 5.24. The standard InChI is InChI=1S/C20H22N6O2/c1-2-14-11-20(23-13-22-14)25-9-6-15(7-10-25)24-18-3-4-19(26(27)28)17-12-21-8-5-16(17)18/h3-5,8,11-13,15,24H,2,6-7,9-10H2,1H3. The van der Waals surface area contributed by atoms with Gasteiger partial charge in [0.15, 0.2) is 0 Å². The largest absolute Gasteiger partial charge is 0.382 e. The fourth-order valence-electron chi connectivity index (χ4n) is 3.69. The van der Waals surface area contributed by atoms with Crippen LogP contribution in [0, 0.1) is 10.1 Å². The van der Waals surface area contributed by atoms with Gasteiger partial charge in [-0.2, -0.15) is 0 Å². The third-order valence-electron chi connectivity index (χ3n) is 5.24. The van der Waals surface area contributed by atoms with E-state index in [0.29, 0.717) is 11.4 Å². The van der Waals surface area contributed by atoms with Crippen molar-refractivity contribution in [1.29, 1.82) is 0 Å². The molecule has 1 aromatic carbocycles. The van der Waals surface area contributed by atoms with E-state index in [-0.39, 0.29) is 10.6 Å². The molecular weight excluding hydrogens is 356 g/mol. The predicted octanol–water partition coefficient (Wildman–Crippen LogP) is 3.58. The molecule has 4 rings (SSSR count). The summed E-state index contributed by atoms with van der Waals surface area (Å²) in [6.07, 6.45) is 7.69. The van der Waals surface area contributed by atoms with Crippen LogP contribution in [-0.2, 0) is 6.42 Å². The maximum absolute atomic E-state index is 11.3. The Morgan fingerprint density at radius 2 is 2.04 bits per heavy atom. The summed E-state index contributed by atoms with van der Waals surface area (Å²) >= 11 is 0. The maximum Gasteiger partial charge on any atom is 0.278 e. The van der Waals surface area contributed by atoms with Gasteiger partial charge in [-0.3, -0.25) is 15.1 Å². The van der Waals surface area contributed by atoms with Crippen LogP contribution in [-0.4, -0.2) is 39.0 Å². The molecule has 3 aromatic rings. The number of hydrogen-bond acceptors (Lipinski definition) is 7. The Labute approximate surface area is 162 Å². The minimum absolute atomic E-state index is 0.0824. The highest BCUT2D eigenvalue weighted by molar-refractivity contribution is 5.99. The molecule has 8 heteroatoms. The summed E-state index contributed by atoms with van der Waals surface area (Å²) in [7, 11) is 0. The fraction of sp³-hybridized carbons (Fsp3) is 0.350. The van der Waals surface area contributed by atoms with Crippen LogP contribution in [0.1, 0.15) is 25.5 Å². The van der Waals surface area contributed by atoms with Crippen LogP contribution in [0.25, 0.3) is 10.8 Å². The molecule has 1 fully saturated rings. The first-order valence-electron chi connectivity index (χ1n) is 9.49. The van der Waals surface area contributed by atoms with Crippen molar-refractivity contribution >= 4 is 28.0 Å². The Morgan fingerprint density at radius 1 is 1.21 bits per heavy atom. The molecule has 0 atom stereocenters. The Bertz CT molecular complexity index is 1000. The molecule has 3 heterocycles. The molecule has 144 valence electrons. The first-order valence-corrected chi connectivity index (χ1v) is 9.49. The van der Waals surface area contributed by atoms with E-state index in [1.807, 2.05) is 6.07 Å². The first-order chi connectivity index (χ1) is 13.7. The molecule has 0 amide bonds. The lowest BCUT2D eigenvalue weighted by Crippen LogP contribution is -2.39. The van der Waals surface area contributed by atoms with Gasteiger partial charge >= 0.3 is 0 Å². The van der Waals surface area contributed by atoms with Gasteiger partial charge in [0.05, 0.1) is 10.3 Å². The minimum Gasteiger partial charge on any atom is -0.382 e. The average Bonchev–Trinajstić information content (AvgIpc) is 2.74. The summed E-state index contributed by atoms with van der Waals surface area (Å²) in [5.41, 5.74) is 2.05. The summed E-state index contributed by atoms with van der Waals surface area (Å²) in [6, 6.07) is 7.54. The molecule has 0 unspecified atom stereocenters. The summed E-state index contributed by atoms with van der Waals surface area (Å²) in [5, 5.41) is 16.2. The second-order valence-electron chi connectivity index (χ2n) is 6.94. The third kappa shape index (κ3) is 3.58. The molecule has 0 radical (unpaired) electrons. The zero-order chi connectivity index (χ0) is 19.5. The van der Waals surface area contributed by atoms with Crippen molar-refractivity contribution in [2.75, 3.05) is 23.3 Å². The number of benzene rings is 1. The normalized spacial score (nSPS) is 15.0. The van der Waals surface area contributed by atoms with Gasteiger partial charge in [0.25, 0.3) is 5.69 Å². The number of pyridine rings is 1. The Kier molecular flexibility index (Phi) is 5.01. The quantitative estimate of drug-likeness (QED) is 0.535. The van der Waals surface area contributed by atoms with E-state index >= 15 is 0 Å². The lowest BCUT2D eigenvalue weighted by atomic mass is 10.0. The lowest BCUT2D eigenvalue weighted by Gasteiger charge is -2.33. The van der Waals surface area contributed by atoms with Gasteiger partial charge in [-0.05, 0) is 31.4 Å². The van der Waals surface area contributed by atoms with Gasteiger partial charge in [0, 0.05) is 60.4 Å².